The average Bonchev–Trinajstić information content (AvgIpc) is 2.83. The lowest BCUT2D eigenvalue weighted by Gasteiger charge is -2.02. The van der Waals surface area contributed by atoms with Crippen molar-refractivity contribution in [2.45, 2.75) is 20.0 Å². The minimum Gasteiger partial charge on any atom is -0.347 e. The van der Waals surface area contributed by atoms with E-state index in [4.69, 9.17) is 0 Å². The number of nitrogens with zero attached hydrogens (tertiary/aromatic N) is 3. The monoisotopic (exact) mass is 205 g/mol. The van der Waals surface area contributed by atoms with Gasteiger partial charge in [0.15, 0.2) is 0 Å². The van der Waals surface area contributed by atoms with Gasteiger partial charge in [0.05, 0.1) is 12.5 Å². The van der Waals surface area contributed by atoms with Crippen molar-refractivity contribution in [3.63, 3.8) is 0 Å². The Balaban J connectivity index is 1.86. The Kier molecular flexibility index (Phi) is 2.82. The first-order valence-corrected chi connectivity index (χ1v) is 4.93. The summed E-state index contributed by atoms with van der Waals surface area (Å²) >= 11 is 0. The Bertz CT molecular complexity index is 415. The zero-order valence-corrected chi connectivity index (χ0v) is 8.99. The molecule has 2 heterocycles. The fraction of sp³-hybridized carbons (Fsp3) is 0.400. The molecule has 15 heavy (non-hydrogen) atoms. The van der Waals surface area contributed by atoms with Gasteiger partial charge in [0, 0.05) is 43.3 Å². The van der Waals surface area contributed by atoms with Crippen LogP contribution in [0.25, 0.3) is 0 Å². The van der Waals surface area contributed by atoms with Crippen LogP contribution in [0, 0.1) is 6.92 Å². The molecule has 2 rings (SSSR count). The van der Waals surface area contributed by atoms with Crippen LogP contribution in [0.1, 0.15) is 17.0 Å². The van der Waals surface area contributed by atoms with E-state index in [9.17, 15) is 0 Å². The van der Waals surface area contributed by atoms with E-state index < -0.39 is 0 Å². The summed E-state index contributed by atoms with van der Waals surface area (Å²) < 4.78 is 1.88. The third-order valence-corrected chi connectivity index (χ3v) is 2.52. The molecule has 0 fully saturated rings. The van der Waals surface area contributed by atoms with Gasteiger partial charge in [-0.3, -0.25) is 4.68 Å². The number of H-pyrrole nitrogens is 1. The van der Waals surface area contributed by atoms with E-state index in [-0.39, 0.29) is 0 Å². The predicted octanol–water partition coefficient (Wildman–Crippen LogP) is 0.741. The number of rotatable bonds is 4. The first-order valence-electron chi connectivity index (χ1n) is 4.93. The maximum atomic E-state index is 4.19. The van der Waals surface area contributed by atoms with Gasteiger partial charge in [-0.15, -0.1) is 0 Å². The molecule has 2 aromatic heterocycles. The first-order chi connectivity index (χ1) is 7.27. The highest BCUT2D eigenvalue weighted by Gasteiger charge is 2.02. The fourth-order valence-corrected chi connectivity index (χ4v) is 1.43. The number of imidazole rings is 1. The number of nitrogens with one attached hydrogen (secondary N) is 2. The normalized spacial score (nSPS) is 10.8. The van der Waals surface area contributed by atoms with Crippen molar-refractivity contribution in [3.8, 4) is 0 Å². The van der Waals surface area contributed by atoms with Crippen molar-refractivity contribution in [1.82, 2.24) is 25.1 Å². The molecule has 80 valence electrons. The van der Waals surface area contributed by atoms with Crippen LogP contribution in [0.3, 0.4) is 0 Å². The molecular weight excluding hydrogens is 190 g/mol. The second-order valence-corrected chi connectivity index (χ2v) is 3.56. The molecule has 0 atom stereocenters. The van der Waals surface area contributed by atoms with E-state index in [1.807, 2.05) is 24.1 Å². The van der Waals surface area contributed by atoms with Crippen molar-refractivity contribution in [2.24, 2.45) is 7.05 Å². The smallest absolute Gasteiger partial charge is 0.0922 e. The highest BCUT2D eigenvalue weighted by Crippen LogP contribution is 2.04. The zero-order chi connectivity index (χ0) is 10.7. The van der Waals surface area contributed by atoms with Crippen LogP contribution in [0.4, 0.5) is 0 Å². The molecule has 5 heteroatoms. The Labute approximate surface area is 88.5 Å². The summed E-state index contributed by atoms with van der Waals surface area (Å²) in [6.07, 6.45) is 5.41. The lowest BCUT2D eigenvalue weighted by Crippen LogP contribution is -2.13. The molecular formula is C10H15N5. The van der Waals surface area contributed by atoms with Gasteiger partial charge < -0.3 is 10.3 Å². The second-order valence-electron chi connectivity index (χ2n) is 3.56. The van der Waals surface area contributed by atoms with Crippen LogP contribution in [0.5, 0.6) is 0 Å². The summed E-state index contributed by atoms with van der Waals surface area (Å²) in [5, 5.41) is 7.52. The molecule has 2 aromatic rings. The van der Waals surface area contributed by atoms with Gasteiger partial charge >= 0.3 is 0 Å². The Morgan fingerprint density at radius 2 is 2.27 bits per heavy atom. The van der Waals surface area contributed by atoms with Crippen molar-refractivity contribution in [3.05, 3.63) is 35.7 Å². The average molecular weight is 205 g/mol. The molecule has 0 saturated carbocycles. The highest BCUT2D eigenvalue weighted by atomic mass is 15.3. The molecule has 0 aliphatic heterocycles. The number of hydrogen-bond acceptors (Lipinski definition) is 3. The molecule has 0 aliphatic rings. The maximum absolute atomic E-state index is 4.19. The van der Waals surface area contributed by atoms with Gasteiger partial charge in [-0.25, -0.2) is 4.98 Å². The molecule has 5 nitrogen and oxygen atoms in total. The third-order valence-electron chi connectivity index (χ3n) is 2.52. The van der Waals surface area contributed by atoms with Crippen molar-refractivity contribution in [1.29, 1.82) is 0 Å². The molecule has 0 spiro atoms. The topological polar surface area (TPSA) is 58.5 Å². The van der Waals surface area contributed by atoms with Crippen LogP contribution in [-0.4, -0.2) is 19.7 Å². The van der Waals surface area contributed by atoms with Gasteiger partial charge in [-0.2, -0.15) is 5.10 Å². The largest absolute Gasteiger partial charge is 0.347 e. The third kappa shape index (κ3) is 2.24. The van der Waals surface area contributed by atoms with E-state index >= 15 is 0 Å². The Morgan fingerprint density at radius 1 is 1.40 bits per heavy atom. The molecule has 0 aliphatic carbocycles. The minimum absolute atomic E-state index is 0.800. The van der Waals surface area contributed by atoms with Crippen LogP contribution < -0.4 is 5.32 Å². The predicted molar refractivity (Wildman–Crippen MR) is 57.1 cm³/mol. The van der Waals surface area contributed by atoms with E-state index in [1.165, 1.54) is 11.3 Å². The van der Waals surface area contributed by atoms with Gasteiger partial charge in [0.1, 0.15) is 0 Å². The minimum atomic E-state index is 0.800. The lowest BCUT2D eigenvalue weighted by atomic mass is 10.2. The number of hydrogen-bond donors (Lipinski definition) is 2. The second kappa shape index (κ2) is 4.27. The van der Waals surface area contributed by atoms with Crippen LogP contribution in [0.15, 0.2) is 18.7 Å². The Hall–Kier alpha value is -1.62. The molecule has 0 bridgehead atoms. The van der Waals surface area contributed by atoms with Gasteiger partial charge in [0.25, 0.3) is 0 Å². The molecule has 2 N–H and O–H groups in total. The van der Waals surface area contributed by atoms with Crippen LogP contribution >= 0.6 is 0 Å². The van der Waals surface area contributed by atoms with E-state index in [2.05, 4.69) is 27.3 Å². The first kappa shape index (κ1) is 9.92. The summed E-state index contributed by atoms with van der Waals surface area (Å²) in [6.45, 7) is 3.70. The standard InChI is InChI=1S/C10H15N5/c1-8-9(4-14-15(8)2)3-11-5-10-6-12-7-13-10/h4,6-7,11H,3,5H2,1-2H3,(H,12,13). The molecule has 0 saturated heterocycles. The summed E-state index contributed by atoms with van der Waals surface area (Å²) in [6, 6.07) is 0. The van der Waals surface area contributed by atoms with E-state index in [0.29, 0.717) is 0 Å². The van der Waals surface area contributed by atoms with E-state index in [1.54, 1.807) is 6.33 Å². The van der Waals surface area contributed by atoms with Crippen LogP contribution in [0.2, 0.25) is 0 Å². The highest BCUT2D eigenvalue weighted by molar-refractivity contribution is 5.15. The van der Waals surface area contributed by atoms with Gasteiger partial charge in [0.2, 0.25) is 0 Å². The maximum Gasteiger partial charge on any atom is 0.0922 e. The molecule has 0 radical (unpaired) electrons. The summed E-state index contributed by atoms with van der Waals surface area (Å²) in [5.41, 5.74) is 3.53. The van der Waals surface area contributed by atoms with Gasteiger partial charge in [-0.1, -0.05) is 0 Å². The number of aromatic amines is 1. The summed E-state index contributed by atoms with van der Waals surface area (Å²) in [5.74, 6) is 0. The molecule has 0 amide bonds. The summed E-state index contributed by atoms with van der Waals surface area (Å²) in [4.78, 5) is 7.01. The molecule has 0 aromatic carbocycles. The fourth-order valence-electron chi connectivity index (χ4n) is 1.43. The summed E-state index contributed by atoms with van der Waals surface area (Å²) in [7, 11) is 1.95. The quantitative estimate of drug-likeness (QED) is 0.774. The van der Waals surface area contributed by atoms with Crippen molar-refractivity contribution < 1.29 is 0 Å². The number of aromatic nitrogens is 4. The lowest BCUT2D eigenvalue weighted by molar-refractivity contribution is 0.675. The zero-order valence-electron chi connectivity index (χ0n) is 8.99. The Morgan fingerprint density at radius 3 is 2.87 bits per heavy atom. The number of aryl methyl sites for hydroxylation is 1. The molecule has 0 unspecified atom stereocenters. The van der Waals surface area contributed by atoms with E-state index in [0.717, 1.165) is 18.8 Å². The van der Waals surface area contributed by atoms with Crippen molar-refractivity contribution >= 4 is 0 Å². The SMILES string of the molecule is Cc1c(CNCc2cnc[nH]2)cnn1C. The van der Waals surface area contributed by atoms with Crippen molar-refractivity contribution in [2.75, 3.05) is 0 Å². The van der Waals surface area contributed by atoms with Gasteiger partial charge in [-0.05, 0) is 6.92 Å². The van der Waals surface area contributed by atoms with Crippen LogP contribution in [-0.2, 0) is 20.1 Å².